The summed E-state index contributed by atoms with van der Waals surface area (Å²) in [7, 11) is 0. The van der Waals surface area contributed by atoms with E-state index in [0.29, 0.717) is 11.8 Å². The molecule has 0 radical (unpaired) electrons. The van der Waals surface area contributed by atoms with E-state index in [1.54, 1.807) is 24.7 Å². The lowest BCUT2D eigenvalue weighted by atomic mass is 10.3. The fraction of sp³-hybridized carbons (Fsp3) is 0.250. The van der Waals surface area contributed by atoms with Crippen LogP contribution in [0.2, 0.25) is 5.28 Å². The molecule has 3 rings (SSSR count). The van der Waals surface area contributed by atoms with E-state index in [9.17, 15) is 0 Å². The molecule has 3 aromatic heterocycles. The predicted molar refractivity (Wildman–Crippen MR) is 73.5 cm³/mol. The van der Waals surface area contributed by atoms with Crippen molar-refractivity contribution in [1.82, 2.24) is 34.5 Å². The van der Waals surface area contributed by atoms with Gasteiger partial charge in [-0.3, -0.25) is 4.68 Å². The van der Waals surface area contributed by atoms with Crippen molar-refractivity contribution in [3.05, 3.63) is 36.1 Å². The number of aromatic nitrogens is 7. The molecule has 102 valence electrons. The van der Waals surface area contributed by atoms with Crippen LogP contribution in [0.4, 0.5) is 0 Å². The van der Waals surface area contributed by atoms with E-state index in [2.05, 4.69) is 32.1 Å². The van der Waals surface area contributed by atoms with Crippen molar-refractivity contribution in [2.45, 2.75) is 19.9 Å². The normalized spacial score (nSPS) is 10.9. The van der Waals surface area contributed by atoms with Crippen molar-refractivity contribution in [3.63, 3.8) is 0 Å². The second kappa shape index (κ2) is 5.38. The minimum Gasteiger partial charge on any atom is -0.272 e. The van der Waals surface area contributed by atoms with E-state index in [0.717, 1.165) is 18.5 Å². The number of rotatable bonds is 4. The zero-order chi connectivity index (χ0) is 13.9. The fourth-order valence-corrected chi connectivity index (χ4v) is 1.94. The molecule has 0 bridgehead atoms. The highest BCUT2D eigenvalue weighted by molar-refractivity contribution is 6.28. The maximum atomic E-state index is 5.95. The van der Waals surface area contributed by atoms with E-state index >= 15 is 0 Å². The Morgan fingerprint density at radius 3 is 2.85 bits per heavy atom. The smallest absolute Gasteiger partial charge is 0.255 e. The van der Waals surface area contributed by atoms with E-state index in [1.807, 2.05) is 10.9 Å². The van der Waals surface area contributed by atoms with Gasteiger partial charge in [-0.2, -0.15) is 25.1 Å². The van der Waals surface area contributed by atoms with Crippen molar-refractivity contribution < 1.29 is 0 Å². The van der Waals surface area contributed by atoms with Crippen LogP contribution in [0.1, 0.15) is 13.3 Å². The highest BCUT2D eigenvalue weighted by atomic mass is 35.5. The Kier molecular flexibility index (Phi) is 3.42. The molecular formula is C12H12ClN7. The second-order valence-electron chi connectivity index (χ2n) is 4.17. The van der Waals surface area contributed by atoms with Gasteiger partial charge in [-0.05, 0) is 24.1 Å². The zero-order valence-corrected chi connectivity index (χ0v) is 11.6. The van der Waals surface area contributed by atoms with E-state index in [-0.39, 0.29) is 5.28 Å². The zero-order valence-electron chi connectivity index (χ0n) is 10.8. The van der Waals surface area contributed by atoms with Crippen molar-refractivity contribution in [2.75, 3.05) is 0 Å². The molecule has 0 saturated carbocycles. The summed E-state index contributed by atoms with van der Waals surface area (Å²) in [6.07, 6.45) is 8.01. The topological polar surface area (TPSA) is 74.3 Å². The molecule has 0 N–H and O–H groups in total. The Morgan fingerprint density at radius 2 is 2.10 bits per heavy atom. The Labute approximate surface area is 120 Å². The quantitative estimate of drug-likeness (QED) is 0.734. The van der Waals surface area contributed by atoms with Crippen LogP contribution in [0.5, 0.6) is 0 Å². The van der Waals surface area contributed by atoms with Crippen LogP contribution in [-0.2, 0) is 6.54 Å². The Morgan fingerprint density at radius 1 is 1.20 bits per heavy atom. The van der Waals surface area contributed by atoms with Gasteiger partial charge >= 0.3 is 0 Å². The molecule has 0 aliphatic heterocycles. The summed E-state index contributed by atoms with van der Waals surface area (Å²) < 4.78 is 3.38. The van der Waals surface area contributed by atoms with Gasteiger partial charge in [-0.15, -0.1) is 0 Å². The molecule has 0 amide bonds. The van der Waals surface area contributed by atoms with Gasteiger partial charge in [-0.25, -0.2) is 4.68 Å². The van der Waals surface area contributed by atoms with Crippen molar-refractivity contribution in [1.29, 1.82) is 0 Å². The van der Waals surface area contributed by atoms with Gasteiger partial charge in [0, 0.05) is 25.1 Å². The molecule has 8 heteroatoms. The third-order valence-corrected chi connectivity index (χ3v) is 2.82. The van der Waals surface area contributed by atoms with Gasteiger partial charge in [0.05, 0.1) is 11.8 Å². The van der Waals surface area contributed by atoms with Gasteiger partial charge < -0.3 is 0 Å². The number of hydrogen-bond acceptors (Lipinski definition) is 5. The molecular weight excluding hydrogens is 278 g/mol. The average Bonchev–Trinajstić information content (AvgIpc) is 3.09. The Hall–Kier alpha value is -2.28. The predicted octanol–water partition coefficient (Wildman–Crippen LogP) is 1.98. The van der Waals surface area contributed by atoms with Crippen LogP contribution in [0.3, 0.4) is 0 Å². The average molecular weight is 290 g/mol. The second-order valence-corrected chi connectivity index (χ2v) is 4.51. The third kappa shape index (κ3) is 2.53. The first-order valence-corrected chi connectivity index (χ1v) is 6.58. The summed E-state index contributed by atoms with van der Waals surface area (Å²) in [5.41, 5.74) is 0.802. The largest absolute Gasteiger partial charge is 0.272 e. The molecule has 0 fully saturated rings. The maximum absolute atomic E-state index is 5.95. The first kappa shape index (κ1) is 12.7. The summed E-state index contributed by atoms with van der Waals surface area (Å²) in [5, 5.41) is 8.47. The van der Waals surface area contributed by atoms with Gasteiger partial charge in [-0.1, -0.05) is 6.92 Å². The number of nitrogens with zero attached hydrogens (tertiary/aromatic N) is 7. The van der Waals surface area contributed by atoms with Crippen molar-refractivity contribution >= 4 is 11.6 Å². The van der Waals surface area contributed by atoms with E-state index in [4.69, 9.17) is 11.6 Å². The Bertz CT molecular complexity index is 704. The first-order chi connectivity index (χ1) is 9.76. The van der Waals surface area contributed by atoms with Gasteiger partial charge in [0.2, 0.25) is 5.28 Å². The highest BCUT2D eigenvalue weighted by Crippen LogP contribution is 2.16. The van der Waals surface area contributed by atoms with Crippen LogP contribution in [-0.4, -0.2) is 34.5 Å². The minimum atomic E-state index is 0.128. The molecule has 7 nitrogen and oxygen atoms in total. The molecule has 0 aliphatic rings. The summed E-state index contributed by atoms with van der Waals surface area (Å²) in [6.45, 7) is 2.95. The minimum absolute atomic E-state index is 0.128. The van der Waals surface area contributed by atoms with Crippen molar-refractivity contribution in [2.24, 2.45) is 0 Å². The highest BCUT2D eigenvalue weighted by Gasteiger charge is 2.10. The van der Waals surface area contributed by atoms with Gasteiger partial charge in [0.25, 0.3) is 5.95 Å². The third-order valence-electron chi connectivity index (χ3n) is 2.65. The van der Waals surface area contributed by atoms with Gasteiger partial charge in [0.15, 0.2) is 5.82 Å². The van der Waals surface area contributed by atoms with Gasteiger partial charge in [0.1, 0.15) is 0 Å². The molecule has 0 saturated heterocycles. The SMILES string of the molecule is CCCn1cc(-c2nc(Cl)nc(-n3cccn3)n2)cn1. The lowest BCUT2D eigenvalue weighted by Crippen LogP contribution is -2.04. The molecule has 3 aromatic rings. The van der Waals surface area contributed by atoms with Crippen molar-refractivity contribution in [3.8, 4) is 17.3 Å². The maximum Gasteiger partial charge on any atom is 0.255 e. The lowest BCUT2D eigenvalue weighted by Gasteiger charge is -2.02. The Balaban J connectivity index is 2.00. The number of hydrogen-bond donors (Lipinski definition) is 0. The van der Waals surface area contributed by atoms with Crippen LogP contribution >= 0.6 is 11.6 Å². The molecule has 0 aliphatic carbocycles. The van der Waals surface area contributed by atoms with Crippen LogP contribution in [0, 0.1) is 0 Å². The first-order valence-electron chi connectivity index (χ1n) is 6.20. The lowest BCUT2D eigenvalue weighted by molar-refractivity contribution is 0.603. The number of aryl methyl sites for hydroxylation is 1. The summed E-state index contributed by atoms with van der Waals surface area (Å²) in [4.78, 5) is 12.6. The monoisotopic (exact) mass is 289 g/mol. The standard InChI is InChI=1S/C12H12ClN7/c1-2-5-19-8-9(7-15-19)10-16-11(13)18-12(17-10)20-6-3-4-14-20/h3-4,6-8H,2,5H2,1H3. The van der Waals surface area contributed by atoms with Crippen LogP contribution in [0.25, 0.3) is 17.3 Å². The van der Waals surface area contributed by atoms with E-state index < -0.39 is 0 Å². The summed E-state index contributed by atoms with van der Waals surface area (Å²) in [6, 6.07) is 1.79. The van der Waals surface area contributed by atoms with Crippen LogP contribution in [0.15, 0.2) is 30.9 Å². The molecule has 0 atom stereocenters. The fourth-order valence-electron chi connectivity index (χ4n) is 1.79. The molecule has 0 spiro atoms. The summed E-state index contributed by atoms with van der Waals surface area (Å²) in [5.74, 6) is 0.867. The summed E-state index contributed by atoms with van der Waals surface area (Å²) >= 11 is 5.95. The number of halogens is 1. The molecule has 20 heavy (non-hydrogen) atoms. The van der Waals surface area contributed by atoms with Crippen LogP contribution < -0.4 is 0 Å². The molecule has 0 unspecified atom stereocenters. The van der Waals surface area contributed by atoms with E-state index in [1.165, 1.54) is 4.68 Å². The molecule has 3 heterocycles. The molecule has 0 aromatic carbocycles.